The number of unbranched alkanes of at least 4 members (excludes halogenated alkanes) is 1. The van der Waals surface area contributed by atoms with Crippen molar-refractivity contribution in [3.63, 3.8) is 0 Å². The fourth-order valence-electron chi connectivity index (χ4n) is 2.51. The largest absolute Gasteiger partial charge is 0.357 e. The molecule has 0 radical (unpaired) electrons. The monoisotopic (exact) mass is 282 g/mol. The topological polar surface area (TPSA) is 39.7 Å². The highest BCUT2D eigenvalue weighted by Gasteiger charge is 2.15. The van der Waals surface area contributed by atoms with Gasteiger partial charge >= 0.3 is 0 Å². The van der Waals surface area contributed by atoms with Crippen LogP contribution >= 0.6 is 0 Å². The van der Waals surface area contributed by atoms with Gasteiger partial charge in [0.05, 0.1) is 0 Å². The Kier molecular flexibility index (Phi) is 8.67. The van der Waals surface area contributed by atoms with Crippen LogP contribution in [0.15, 0.2) is 4.99 Å². The van der Waals surface area contributed by atoms with Crippen molar-refractivity contribution in [1.29, 1.82) is 0 Å². The second kappa shape index (κ2) is 10.0. The summed E-state index contributed by atoms with van der Waals surface area (Å²) < 4.78 is 0. The van der Waals surface area contributed by atoms with E-state index in [1.54, 1.807) is 0 Å². The average molecular weight is 282 g/mol. The zero-order valence-corrected chi connectivity index (χ0v) is 13.9. The Labute approximate surface area is 125 Å². The second-order valence-electron chi connectivity index (χ2n) is 6.17. The highest BCUT2D eigenvalue weighted by molar-refractivity contribution is 5.80. The molecule has 1 rings (SSSR count). The van der Waals surface area contributed by atoms with Gasteiger partial charge in [0.1, 0.15) is 0 Å². The molecule has 0 amide bonds. The van der Waals surface area contributed by atoms with Gasteiger partial charge in [-0.25, -0.2) is 0 Å². The molecule has 118 valence electrons. The third-order valence-electron chi connectivity index (χ3n) is 4.11. The van der Waals surface area contributed by atoms with Crippen molar-refractivity contribution in [2.75, 3.05) is 26.7 Å². The van der Waals surface area contributed by atoms with Gasteiger partial charge in [0.2, 0.25) is 0 Å². The van der Waals surface area contributed by atoms with Crippen LogP contribution in [-0.2, 0) is 0 Å². The summed E-state index contributed by atoms with van der Waals surface area (Å²) in [5, 5.41) is 6.92. The first-order chi connectivity index (χ1) is 9.63. The van der Waals surface area contributed by atoms with Crippen LogP contribution in [0.2, 0.25) is 0 Å². The smallest absolute Gasteiger partial charge is 0.191 e. The average Bonchev–Trinajstić information content (AvgIpc) is 2.91. The number of hydrogen-bond acceptors (Lipinski definition) is 2. The van der Waals surface area contributed by atoms with Gasteiger partial charge in [0, 0.05) is 25.2 Å². The minimum absolute atomic E-state index is 0.639. The van der Waals surface area contributed by atoms with Gasteiger partial charge < -0.3 is 15.5 Å². The summed E-state index contributed by atoms with van der Waals surface area (Å²) in [6.07, 6.45) is 7.70. The molecule has 4 heteroatoms. The van der Waals surface area contributed by atoms with E-state index >= 15 is 0 Å². The Morgan fingerprint density at radius 1 is 1.25 bits per heavy atom. The maximum Gasteiger partial charge on any atom is 0.191 e. The van der Waals surface area contributed by atoms with Crippen LogP contribution in [0.25, 0.3) is 0 Å². The molecule has 0 bridgehead atoms. The zero-order valence-electron chi connectivity index (χ0n) is 13.9. The maximum absolute atomic E-state index is 4.69. The molecular weight excluding hydrogens is 248 g/mol. The summed E-state index contributed by atoms with van der Waals surface area (Å²) >= 11 is 0. The number of aliphatic imine (C=N–C) groups is 1. The van der Waals surface area contributed by atoms with Crippen molar-refractivity contribution < 1.29 is 0 Å². The van der Waals surface area contributed by atoms with Gasteiger partial charge in [0.15, 0.2) is 5.96 Å². The van der Waals surface area contributed by atoms with Crippen LogP contribution in [-0.4, -0.2) is 49.6 Å². The lowest BCUT2D eigenvalue weighted by atomic mass is 10.2. The van der Waals surface area contributed by atoms with Crippen LogP contribution in [0.5, 0.6) is 0 Å². The number of guanidine groups is 1. The van der Waals surface area contributed by atoms with Gasteiger partial charge in [-0.2, -0.15) is 0 Å². The Morgan fingerprint density at radius 3 is 2.55 bits per heavy atom. The third kappa shape index (κ3) is 7.13. The first-order valence-electron chi connectivity index (χ1n) is 8.38. The Hall–Kier alpha value is -0.770. The number of hydrogen-bond donors (Lipinski definition) is 2. The molecule has 0 heterocycles. The summed E-state index contributed by atoms with van der Waals surface area (Å²) in [5.74, 6) is 1.01. The summed E-state index contributed by atoms with van der Waals surface area (Å²) in [6.45, 7) is 9.64. The Bertz CT molecular complexity index is 270. The number of rotatable bonds is 8. The molecule has 0 aromatic carbocycles. The van der Waals surface area contributed by atoms with E-state index in [2.05, 4.69) is 43.4 Å². The van der Waals surface area contributed by atoms with Gasteiger partial charge in [-0.3, -0.25) is 4.99 Å². The van der Waals surface area contributed by atoms with E-state index < -0.39 is 0 Å². The fourth-order valence-corrected chi connectivity index (χ4v) is 2.51. The van der Waals surface area contributed by atoms with E-state index in [4.69, 9.17) is 4.99 Å². The van der Waals surface area contributed by atoms with Crippen LogP contribution in [0.4, 0.5) is 0 Å². The normalized spacial score (nSPS) is 17.2. The van der Waals surface area contributed by atoms with Crippen molar-refractivity contribution >= 4 is 5.96 Å². The predicted octanol–water partition coefficient (Wildman–Crippen LogP) is 2.60. The van der Waals surface area contributed by atoms with Gasteiger partial charge in [-0.15, -0.1) is 0 Å². The van der Waals surface area contributed by atoms with E-state index in [0.29, 0.717) is 12.1 Å². The SMILES string of the molecule is CCNC(=NCCCCN(C)C(C)C)NC1CCCC1. The van der Waals surface area contributed by atoms with Crippen molar-refractivity contribution in [3.05, 3.63) is 0 Å². The molecule has 1 saturated carbocycles. The molecule has 20 heavy (non-hydrogen) atoms. The summed E-state index contributed by atoms with van der Waals surface area (Å²) in [5.41, 5.74) is 0. The number of nitrogens with one attached hydrogen (secondary N) is 2. The molecule has 0 saturated heterocycles. The van der Waals surface area contributed by atoms with Crippen LogP contribution in [0.3, 0.4) is 0 Å². The molecule has 0 spiro atoms. The second-order valence-corrected chi connectivity index (χ2v) is 6.17. The molecule has 0 atom stereocenters. The molecule has 2 N–H and O–H groups in total. The van der Waals surface area contributed by atoms with Crippen molar-refractivity contribution in [3.8, 4) is 0 Å². The first-order valence-corrected chi connectivity index (χ1v) is 8.38. The van der Waals surface area contributed by atoms with Crippen molar-refractivity contribution in [2.45, 2.75) is 71.4 Å². The Morgan fingerprint density at radius 2 is 1.95 bits per heavy atom. The van der Waals surface area contributed by atoms with Crippen LogP contribution in [0.1, 0.15) is 59.3 Å². The van der Waals surface area contributed by atoms with Crippen molar-refractivity contribution in [1.82, 2.24) is 15.5 Å². The molecule has 1 aliphatic rings. The molecular formula is C16H34N4. The highest BCUT2D eigenvalue weighted by atomic mass is 15.2. The Balaban J connectivity index is 2.20. The predicted molar refractivity (Wildman–Crippen MR) is 88.4 cm³/mol. The van der Waals surface area contributed by atoms with Crippen LogP contribution < -0.4 is 10.6 Å². The lowest BCUT2D eigenvalue weighted by molar-refractivity contribution is 0.269. The van der Waals surface area contributed by atoms with E-state index in [9.17, 15) is 0 Å². The highest BCUT2D eigenvalue weighted by Crippen LogP contribution is 2.17. The summed E-state index contributed by atoms with van der Waals surface area (Å²) in [6, 6.07) is 1.28. The van der Waals surface area contributed by atoms with Crippen molar-refractivity contribution in [2.24, 2.45) is 4.99 Å². The van der Waals surface area contributed by atoms with Gasteiger partial charge in [0.25, 0.3) is 0 Å². The minimum Gasteiger partial charge on any atom is -0.357 e. The molecule has 4 nitrogen and oxygen atoms in total. The van der Waals surface area contributed by atoms with E-state index in [0.717, 1.165) is 25.5 Å². The number of nitrogens with zero attached hydrogens (tertiary/aromatic N) is 2. The summed E-state index contributed by atoms with van der Waals surface area (Å²) in [4.78, 5) is 7.09. The molecule has 0 aromatic heterocycles. The van der Waals surface area contributed by atoms with E-state index in [1.807, 2.05) is 0 Å². The zero-order chi connectivity index (χ0) is 14.8. The van der Waals surface area contributed by atoms with Gasteiger partial charge in [-0.05, 0) is 60.0 Å². The lowest BCUT2D eigenvalue weighted by Gasteiger charge is -2.20. The molecule has 0 aliphatic heterocycles. The third-order valence-corrected chi connectivity index (χ3v) is 4.11. The lowest BCUT2D eigenvalue weighted by Crippen LogP contribution is -2.42. The fraction of sp³-hybridized carbons (Fsp3) is 0.938. The molecule has 1 aliphatic carbocycles. The van der Waals surface area contributed by atoms with Gasteiger partial charge in [-0.1, -0.05) is 12.8 Å². The summed E-state index contributed by atoms with van der Waals surface area (Å²) in [7, 11) is 2.19. The van der Waals surface area contributed by atoms with Crippen LogP contribution in [0, 0.1) is 0 Å². The first kappa shape index (κ1) is 17.3. The minimum atomic E-state index is 0.639. The molecule has 1 fully saturated rings. The van der Waals surface area contributed by atoms with E-state index in [1.165, 1.54) is 38.6 Å². The molecule has 0 unspecified atom stereocenters. The van der Waals surface area contributed by atoms with E-state index in [-0.39, 0.29) is 0 Å². The quantitative estimate of drug-likeness (QED) is 0.408. The maximum atomic E-state index is 4.69. The standard InChI is InChI=1S/C16H34N4/c1-5-17-16(19-15-10-6-7-11-15)18-12-8-9-13-20(4)14(2)3/h14-15H,5-13H2,1-4H3,(H2,17,18,19). The molecule has 0 aromatic rings.